The van der Waals surface area contributed by atoms with Gasteiger partial charge < -0.3 is 10.6 Å². The molecule has 0 radical (unpaired) electrons. The molecule has 2 amide bonds. The van der Waals surface area contributed by atoms with Crippen molar-refractivity contribution in [1.82, 2.24) is 0 Å². The molecule has 9 heteroatoms. The standard InChI is InChI=1S/C19H17N3O4S2/c1-28(25,26)22-14-9-7-13(8-10-14)18(23)20-15-4-2-5-16(12-15)21-19(24)17-6-3-11-27-17/h2-12,22H,1H3,(H,20,23)(H,21,24). The first-order valence-corrected chi connectivity index (χ1v) is 10.9. The zero-order valence-corrected chi connectivity index (χ0v) is 16.4. The average Bonchev–Trinajstić information content (AvgIpc) is 3.16. The Kier molecular flexibility index (Phi) is 5.76. The second-order valence-corrected chi connectivity index (χ2v) is 8.61. The van der Waals surface area contributed by atoms with Crippen LogP contribution in [0.1, 0.15) is 20.0 Å². The van der Waals surface area contributed by atoms with Gasteiger partial charge in [0.15, 0.2) is 0 Å². The summed E-state index contributed by atoms with van der Waals surface area (Å²) < 4.78 is 24.8. The number of nitrogens with one attached hydrogen (secondary N) is 3. The highest BCUT2D eigenvalue weighted by molar-refractivity contribution is 7.92. The van der Waals surface area contributed by atoms with E-state index >= 15 is 0 Å². The van der Waals surface area contributed by atoms with E-state index < -0.39 is 10.0 Å². The van der Waals surface area contributed by atoms with Crippen LogP contribution in [0, 0.1) is 0 Å². The highest BCUT2D eigenvalue weighted by atomic mass is 32.2. The lowest BCUT2D eigenvalue weighted by Crippen LogP contribution is -2.14. The Labute approximate surface area is 166 Å². The molecule has 0 bridgehead atoms. The van der Waals surface area contributed by atoms with Crippen molar-refractivity contribution in [2.24, 2.45) is 0 Å². The monoisotopic (exact) mass is 415 g/mol. The number of carbonyl (C=O) groups excluding carboxylic acids is 2. The number of rotatable bonds is 6. The lowest BCUT2D eigenvalue weighted by Gasteiger charge is -2.09. The molecule has 3 N–H and O–H groups in total. The molecule has 0 unspecified atom stereocenters. The molecule has 0 saturated carbocycles. The van der Waals surface area contributed by atoms with E-state index in [0.717, 1.165) is 6.26 Å². The second kappa shape index (κ2) is 8.24. The van der Waals surface area contributed by atoms with E-state index in [0.29, 0.717) is 27.5 Å². The number of hydrogen-bond donors (Lipinski definition) is 3. The Bertz CT molecular complexity index is 1090. The zero-order chi connectivity index (χ0) is 20.1. The van der Waals surface area contributed by atoms with E-state index in [9.17, 15) is 18.0 Å². The quantitative estimate of drug-likeness (QED) is 0.572. The molecule has 3 rings (SSSR count). The molecule has 0 spiro atoms. The van der Waals surface area contributed by atoms with Crippen molar-refractivity contribution >= 4 is 50.2 Å². The maximum absolute atomic E-state index is 12.4. The minimum absolute atomic E-state index is 0.215. The highest BCUT2D eigenvalue weighted by Gasteiger charge is 2.10. The van der Waals surface area contributed by atoms with Crippen LogP contribution < -0.4 is 15.4 Å². The van der Waals surface area contributed by atoms with Crippen LogP contribution in [0.2, 0.25) is 0 Å². The average molecular weight is 415 g/mol. The summed E-state index contributed by atoms with van der Waals surface area (Å²) in [6.07, 6.45) is 1.05. The maximum atomic E-state index is 12.4. The van der Waals surface area contributed by atoms with Crippen molar-refractivity contribution in [3.8, 4) is 0 Å². The molecule has 0 aliphatic carbocycles. The van der Waals surface area contributed by atoms with Crippen molar-refractivity contribution < 1.29 is 18.0 Å². The number of benzene rings is 2. The van der Waals surface area contributed by atoms with Crippen LogP contribution >= 0.6 is 11.3 Å². The molecule has 0 saturated heterocycles. The first kappa shape index (κ1) is 19.6. The summed E-state index contributed by atoms with van der Waals surface area (Å²) in [6.45, 7) is 0. The van der Waals surface area contributed by atoms with Gasteiger partial charge in [0.05, 0.1) is 11.1 Å². The molecule has 7 nitrogen and oxygen atoms in total. The summed E-state index contributed by atoms with van der Waals surface area (Å²) in [4.78, 5) is 25.1. The van der Waals surface area contributed by atoms with E-state index in [1.165, 1.54) is 35.6 Å². The number of hydrogen-bond acceptors (Lipinski definition) is 5. The number of carbonyl (C=O) groups is 2. The van der Waals surface area contributed by atoms with Crippen molar-refractivity contribution in [2.75, 3.05) is 21.6 Å². The SMILES string of the molecule is CS(=O)(=O)Nc1ccc(C(=O)Nc2cccc(NC(=O)c3cccs3)c2)cc1. The van der Waals surface area contributed by atoms with E-state index in [1.54, 1.807) is 36.4 Å². The number of amides is 2. The van der Waals surface area contributed by atoms with Gasteiger partial charge in [-0.1, -0.05) is 12.1 Å². The van der Waals surface area contributed by atoms with Gasteiger partial charge >= 0.3 is 0 Å². The Morgan fingerprint density at radius 1 is 0.821 bits per heavy atom. The smallest absolute Gasteiger partial charge is 0.265 e. The van der Waals surface area contributed by atoms with Crippen molar-refractivity contribution in [1.29, 1.82) is 0 Å². The van der Waals surface area contributed by atoms with Gasteiger partial charge in [-0.25, -0.2) is 8.42 Å². The molecule has 28 heavy (non-hydrogen) atoms. The fourth-order valence-electron chi connectivity index (χ4n) is 2.38. The zero-order valence-electron chi connectivity index (χ0n) is 14.8. The number of anilines is 3. The molecule has 1 aromatic heterocycles. The third-order valence-corrected chi connectivity index (χ3v) is 5.05. The van der Waals surface area contributed by atoms with E-state index in [-0.39, 0.29) is 11.8 Å². The van der Waals surface area contributed by atoms with Gasteiger partial charge in [0, 0.05) is 22.6 Å². The Morgan fingerprint density at radius 2 is 1.46 bits per heavy atom. The van der Waals surface area contributed by atoms with E-state index in [4.69, 9.17) is 0 Å². The van der Waals surface area contributed by atoms with Crippen molar-refractivity contribution in [2.45, 2.75) is 0 Å². The molecule has 1 heterocycles. The Balaban J connectivity index is 1.66. The van der Waals surface area contributed by atoms with E-state index in [2.05, 4.69) is 15.4 Å². The normalized spacial score (nSPS) is 10.9. The minimum atomic E-state index is -3.37. The van der Waals surface area contributed by atoms with Gasteiger partial charge in [-0.15, -0.1) is 11.3 Å². The molecular formula is C19H17N3O4S2. The van der Waals surface area contributed by atoms with Gasteiger partial charge in [-0.05, 0) is 53.9 Å². The molecule has 0 fully saturated rings. The molecule has 0 aliphatic heterocycles. The lowest BCUT2D eigenvalue weighted by molar-refractivity contribution is 0.102. The largest absolute Gasteiger partial charge is 0.322 e. The van der Waals surface area contributed by atoms with Crippen LogP contribution in [0.5, 0.6) is 0 Å². The fraction of sp³-hybridized carbons (Fsp3) is 0.0526. The highest BCUT2D eigenvalue weighted by Crippen LogP contribution is 2.19. The Morgan fingerprint density at radius 3 is 2.04 bits per heavy atom. The van der Waals surface area contributed by atoms with E-state index in [1.807, 2.05) is 5.38 Å². The predicted octanol–water partition coefficient (Wildman–Crippen LogP) is 3.62. The summed E-state index contributed by atoms with van der Waals surface area (Å²) in [5.41, 5.74) is 1.82. The molecule has 0 aliphatic rings. The van der Waals surface area contributed by atoms with Crippen LogP contribution in [0.15, 0.2) is 66.0 Å². The third-order valence-electron chi connectivity index (χ3n) is 3.57. The molecular weight excluding hydrogens is 398 g/mol. The predicted molar refractivity (Wildman–Crippen MR) is 112 cm³/mol. The van der Waals surface area contributed by atoms with Gasteiger partial charge in [0.1, 0.15) is 0 Å². The van der Waals surface area contributed by atoms with Gasteiger partial charge in [0.2, 0.25) is 10.0 Å². The van der Waals surface area contributed by atoms with Gasteiger partial charge in [0.25, 0.3) is 11.8 Å². The summed E-state index contributed by atoms with van der Waals surface area (Å²) in [6, 6.07) is 16.4. The maximum Gasteiger partial charge on any atom is 0.265 e. The topological polar surface area (TPSA) is 104 Å². The van der Waals surface area contributed by atoms with Gasteiger partial charge in [-0.3, -0.25) is 14.3 Å². The minimum Gasteiger partial charge on any atom is -0.322 e. The van der Waals surface area contributed by atoms with Crippen LogP contribution in [-0.2, 0) is 10.0 Å². The van der Waals surface area contributed by atoms with Gasteiger partial charge in [-0.2, -0.15) is 0 Å². The Hall–Kier alpha value is -3.17. The third kappa shape index (κ3) is 5.41. The van der Waals surface area contributed by atoms with Crippen LogP contribution in [0.4, 0.5) is 17.1 Å². The number of thiophene rings is 1. The molecule has 3 aromatic rings. The molecule has 2 aromatic carbocycles. The second-order valence-electron chi connectivity index (χ2n) is 5.92. The molecule has 0 atom stereocenters. The first-order valence-electron chi connectivity index (χ1n) is 8.14. The fourth-order valence-corrected chi connectivity index (χ4v) is 3.57. The number of sulfonamides is 1. The summed E-state index contributed by atoms with van der Waals surface area (Å²) >= 11 is 1.34. The van der Waals surface area contributed by atoms with Crippen LogP contribution in [0.25, 0.3) is 0 Å². The summed E-state index contributed by atoms with van der Waals surface area (Å²) in [5.74, 6) is -0.569. The molecule has 144 valence electrons. The van der Waals surface area contributed by atoms with Crippen LogP contribution in [-0.4, -0.2) is 26.5 Å². The summed E-state index contributed by atoms with van der Waals surface area (Å²) in [5, 5.41) is 7.35. The van der Waals surface area contributed by atoms with Crippen molar-refractivity contribution in [3.63, 3.8) is 0 Å². The van der Waals surface area contributed by atoms with Crippen LogP contribution in [0.3, 0.4) is 0 Å². The van der Waals surface area contributed by atoms with Crippen molar-refractivity contribution in [3.05, 3.63) is 76.5 Å². The summed E-state index contributed by atoms with van der Waals surface area (Å²) in [7, 11) is -3.37. The first-order chi connectivity index (χ1) is 13.3. The lowest BCUT2D eigenvalue weighted by atomic mass is 10.2.